The van der Waals surface area contributed by atoms with Crippen LogP contribution in [0, 0.1) is 17.0 Å². The standard InChI is InChI=1S/C14H14N2O5S/c1-9-5-11(6-10-3-4-22-8-10)13(16(19)20)14(18)15(9)7-12(17)21-2/h3-5,8H,6-7H2,1-2H3. The molecule has 2 aromatic heterocycles. The zero-order valence-corrected chi connectivity index (χ0v) is 12.9. The third-order valence-corrected chi connectivity index (χ3v) is 3.96. The van der Waals surface area contributed by atoms with E-state index in [1.165, 1.54) is 18.4 Å². The van der Waals surface area contributed by atoms with Gasteiger partial charge in [-0.15, -0.1) is 0 Å². The van der Waals surface area contributed by atoms with Crippen molar-refractivity contribution < 1.29 is 14.5 Å². The van der Waals surface area contributed by atoms with Crippen LogP contribution in [-0.4, -0.2) is 22.6 Å². The fourth-order valence-corrected chi connectivity index (χ4v) is 2.83. The topological polar surface area (TPSA) is 91.4 Å². The number of hydrogen-bond donors (Lipinski definition) is 0. The van der Waals surface area contributed by atoms with Gasteiger partial charge in [0.25, 0.3) is 0 Å². The van der Waals surface area contributed by atoms with Gasteiger partial charge in [0.1, 0.15) is 6.54 Å². The Labute approximate surface area is 129 Å². The number of ether oxygens (including phenoxy) is 1. The van der Waals surface area contributed by atoms with Gasteiger partial charge in [0, 0.05) is 17.7 Å². The Morgan fingerprint density at radius 2 is 2.23 bits per heavy atom. The van der Waals surface area contributed by atoms with Gasteiger partial charge < -0.3 is 4.74 Å². The van der Waals surface area contributed by atoms with Crippen LogP contribution in [0.2, 0.25) is 0 Å². The fourth-order valence-electron chi connectivity index (χ4n) is 2.16. The first kappa shape index (κ1) is 15.9. The van der Waals surface area contributed by atoms with Crippen molar-refractivity contribution in [3.8, 4) is 0 Å². The molecule has 8 heteroatoms. The van der Waals surface area contributed by atoms with Gasteiger partial charge in [-0.3, -0.25) is 24.3 Å². The molecule has 0 saturated carbocycles. The van der Waals surface area contributed by atoms with E-state index in [1.54, 1.807) is 13.0 Å². The molecule has 0 aliphatic carbocycles. The summed E-state index contributed by atoms with van der Waals surface area (Å²) in [6.07, 6.45) is 0.301. The lowest BCUT2D eigenvalue weighted by molar-refractivity contribution is -0.387. The van der Waals surface area contributed by atoms with Gasteiger partial charge in [-0.05, 0) is 35.4 Å². The molecule has 0 N–H and O–H groups in total. The second-order valence-electron chi connectivity index (χ2n) is 4.69. The summed E-state index contributed by atoms with van der Waals surface area (Å²) in [5.41, 5.74) is 0.428. The van der Waals surface area contributed by atoms with Gasteiger partial charge >= 0.3 is 17.2 Å². The van der Waals surface area contributed by atoms with Crippen molar-refractivity contribution in [1.82, 2.24) is 4.57 Å². The van der Waals surface area contributed by atoms with Gasteiger partial charge in [-0.1, -0.05) is 0 Å². The molecule has 0 aliphatic rings. The lowest BCUT2D eigenvalue weighted by Crippen LogP contribution is -2.29. The van der Waals surface area contributed by atoms with E-state index in [0.29, 0.717) is 17.7 Å². The predicted molar refractivity (Wildman–Crippen MR) is 81.2 cm³/mol. The summed E-state index contributed by atoms with van der Waals surface area (Å²) >= 11 is 1.48. The summed E-state index contributed by atoms with van der Waals surface area (Å²) in [7, 11) is 1.20. The Morgan fingerprint density at radius 3 is 2.77 bits per heavy atom. The highest BCUT2D eigenvalue weighted by atomic mass is 32.1. The summed E-state index contributed by atoms with van der Waals surface area (Å²) in [4.78, 5) is 34.3. The van der Waals surface area contributed by atoms with Crippen LogP contribution < -0.4 is 5.56 Å². The molecule has 2 rings (SSSR count). The molecule has 22 heavy (non-hydrogen) atoms. The van der Waals surface area contributed by atoms with E-state index in [2.05, 4.69) is 4.74 Å². The van der Waals surface area contributed by atoms with E-state index in [1.807, 2.05) is 16.8 Å². The second-order valence-corrected chi connectivity index (χ2v) is 5.47. The minimum Gasteiger partial charge on any atom is -0.468 e. The molecule has 0 amide bonds. The molecule has 0 radical (unpaired) electrons. The molecule has 0 unspecified atom stereocenters. The molecule has 0 saturated heterocycles. The van der Waals surface area contributed by atoms with Crippen LogP contribution in [0.5, 0.6) is 0 Å². The van der Waals surface area contributed by atoms with Gasteiger partial charge in [-0.25, -0.2) is 0 Å². The van der Waals surface area contributed by atoms with Crippen molar-refractivity contribution in [2.24, 2.45) is 0 Å². The molecular weight excluding hydrogens is 308 g/mol. The smallest absolute Gasteiger partial charge is 0.337 e. The highest BCUT2D eigenvalue weighted by Gasteiger charge is 2.24. The molecule has 0 bridgehead atoms. The lowest BCUT2D eigenvalue weighted by atomic mass is 10.1. The summed E-state index contributed by atoms with van der Waals surface area (Å²) < 4.78 is 5.57. The largest absolute Gasteiger partial charge is 0.468 e. The van der Waals surface area contributed by atoms with Crippen LogP contribution in [0.1, 0.15) is 16.8 Å². The quantitative estimate of drug-likeness (QED) is 0.476. The Kier molecular flexibility index (Phi) is 4.71. The SMILES string of the molecule is COC(=O)Cn1c(C)cc(Cc2ccsc2)c([N+](=O)[O-])c1=O. The number of aromatic nitrogens is 1. The number of aryl methyl sites for hydroxylation is 1. The van der Waals surface area contributed by atoms with E-state index < -0.39 is 22.1 Å². The minimum atomic E-state index is -0.791. The van der Waals surface area contributed by atoms with Crippen molar-refractivity contribution >= 4 is 23.0 Å². The van der Waals surface area contributed by atoms with Gasteiger partial charge in [0.05, 0.1) is 12.0 Å². The molecule has 7 nitrogen and oxygen atoms in total. The summed E-state index contributed by atoms with van der Waals surface area (Å²) in [5.74, 6) is -0.634. The number of hydrogen-bond acceptors (Lipinski definition) is 6. The number of esters is 1. The van der Waals surface area contributed by atoms with Crippen LogP contribution in [0.25, 0.3) is 0 Å². The van der Waals surface area contributed by atoms with Crippen LogP contribution >= 0.6 is 11.3 Å². The highest BCUT2D eigenvalue weighted by molar-refractivity contribution is 7.07. The highest BCUT2D eigenvalue weighted by Crippen LogP contribution is 2.20. The number of rotatable bonds is 5. The van der Waals surface area contributed by atoms with Crippen LogP contribution in [0.4, 0.5) is 5.69 Å². The zero-order valence-electron chi connectivity index (χ0n) is 12.1. The predicted octanol–water partition coefficient (Wildman–Crippen LogP) is 1.89. The summed E-state index contributed by atoms with van der Waals surface area (Å²) in [6.45, 7) is 1.28. The first-order chi connectivity index (χ1) is 10.4. The molecule has 0 atom stereocenters. The van der Waals surface area contributed by atoms with E-state index in [-0.39, 0.29) is 6.54 Å². The van der Waals surface area contributed by atoms with Crippen LogP contribution in [0.3, 0.4) is 0 Å². The maximum atomic E-state index is 12.3. The first-order valence-corrected chi connectivity index (χ1v) is 7.34. The van der Waals surface area contributed by atoms with Gasteiger partial charge in [-0.2, -0.15) is 11.3 Å². The average Bonchev–Trinajstić information content (AvgIpc) is 2.95. The number of thiophene rings is 1. The molecule has 0 aliphatic heterocycles. The summed E-state index contributed by atoms with van der Waals surface area (Å²) in [6, 6.07) is 3.42. The summed E-state index contributed by atoms with van der Waals surface area (Å²) in [5, 5.41) is 15.0. The maximum Gasteiger partial charge on any atom is 0.337 e. The molecule has 116 valence electrons. The third kappa shape index (κ3) is 3.22. The maximum absolute atomic E-state index is 12.3. The second kappa shape index (κ2) is 6.52. The molecule has 0 spiro atoms. The first-order valence-electron chi connectivity index (χ1n) is 6.39. The Bertz CT molecular complexity index is 764. The van der Waals surface area contributed by atoms with E-state index >= 15 is 0 Å². The minimum absolute atomic E-state index is 0.301. The number of nitro groups is 1. The number of pyridine rings is 1. The number of methoxy groups -OCH3 is 1. The average molecular weight is 322 g/mol. The molecular formula is C14H14N2O5S. The molecule has 2 heterocycles. The molecule has 0 fully saturated rings. The third-order valence-electron chi connectivity index (χ3n) is 3.23. The van der Waals surface area contributed by atoms with Gasteiger partial charge in [0.15, 0.2) is 0 Å². The number of carbonyl (C=O) groups is 1. The zero-order chi connectivity index (χ0) is 16.3. The Balaban J connectivity index is 2.54. The fraction of sp³-hybridized carbons (Fsp3) is 0.286. The number of nitrogens with zero attached hydrogens (tertiary/aromatic N) is 2. The van der Waals surface area contributed by atoms with Crippen molar-refractivity contribution in [3.05, 3.63) is 60.2 Å². The van der Waals surface area contributed by atoms with Crippen LogP contribution in [0.15, 0.2) is 27.7 Å². The Hall–Kier alpha value is -2.48. The van der Waals surface area contributed by atoms with Crippen molar-refractivity contribution in [1.29, 1.82) is 0 Å². The van der Waals surface area contributed by atoms with Crippen LogP contribution in [-0.2, 0) is 22.5 Å². The Morgan fingerprint density at radius 1 is 1.50 bits per heavy atom. The molecule has 2 aromatic rings. The van der Waals surface area contributed by atoms with E-state index in [4.69, 9.17) is 0 Å². The number of carbonyl (C=O) groups excluding carboxylic acids is 1. The van der Waals surface area contributed by atoms with Crippen molar-refractivity contribution in [3.63, 3.8) is 0 Å². The normalized spacial score (nSPS) is 10.5. The lowest BCUT2D eigenvalue weighted by Gasteiger charge is -2.11. The van der Waals surface area contributed by atoms with E-state index in [0.717, 1.165) is 10.1 Å². The van der Waals surface area contributed by atoms with Crippen molar-refractivity contribution in [2.75, 3.05) is 7.11 Å². The molecule has 0 aromatic carbocycles. The van der Waals surface area contributed by atoms with Crippen molar-refractivity contribution in [2.45, 2.75) is 19.9 Å². The van der Waals surface area contributed by atoms with E-state index in [9.17, 15) is 19.7 Å². The van der Waals surface area contributed by atoms with Gasteiger partial charge in [0.2, 0.25) is 0 Å². The monoisotopic (exact) mass is 322 g/mol.